The lowest BCUT2D eigenvalue weighted by molar-refractivity contribution is -0.116. The van der Waals surface area contributed by atoms with Crippen molar-refractivity contribution < 1.29 is 9.53 Å². The second-order valence-corrected chi connectivity index (χ2v) is 6.95. The number of hydrogen-bond acceptors (Lipinski definition) is 5. The maximum atomic E-state index is 11.6. The lowest BCUT2D eigenvalue weighted by atomic mass is 9.90. The summed E-state index contributed by atoms with van der Waals surface area (Å²) in [5.41, 5.74) is 1.07. The molecule has 2 fully saturated rings. The molecule has 122 valence electrons. The van der Waals surface area contributed by atoms with Crippen LogP contribution in [0.15, 0.2) is 5.38 Å². The van der Waals surface area contributed by atoms with Gasteiger partial charge in [-0.15, -0.1) is 11.3 Å². The molecule has 1 saturated carbocycles. The lowest BCUT2D eigenvalue weighted by Crippen LogP contribution is -2.52. The molecule has 6 heteroatoms. The monoisotopic (exact) mass is 323 g/mol. The summed E-state index contributed by atoms with van der Waals surface area (Å²) in [5.74, 6) is 0.0575. The third-order valence-electron chi connectivity index (χ3n) is 4.68. The molecule has 1 amide bonds. The van der Waals surface area contributed by atoms with Crippen molar-refractivity contribution in [3.05, 3.63) is 11.1 Å². The van der Waals surface area contributed by atoms with Crippen LogP contribution in [0.2, 0.25) is 0 Å². The Kier molecular flexibility index (Phi) is 5.10. The number of rotatable bonds is 4. The minimum absolute atomic E-state index is 0.0575. The molecule has 0 N–H and O–H groups in total. The zero-order valence-electron chi connectivity index (χ0n) is 13.5. The standard InChI is InChI=1S/C16H25N3O2S/c1-3-19(12(2)20)16-17-13(11-22-16)10-18-8-9-21-15-7-5-4-6-14(15)18/h11,14-15H,3-10H2,1-2H3/t14-,15-/m0/s1. The van der Waals surface area contributed by atoms with E-state index in [1.807, 2.05) is 6.92 Å². The lowest BCUT2D eigenvalue weighted by Gasteiger charge is -2.43. The minimum atomic E-state index is 0.0575. The van der Waals surface area contributed by atoms with E-state index in [9.17, 15) is 4.79 Å². The van der Waals surface area contributed by atoms with Crippen LogP contribution in [0.4, 0.5) is 5.13 Å². The number of aromatic nitrogens is 1. The Balaban J connectivity index is 1.67. The molecule has 1 saturated heterocycles. The second-order valence-electron chi connectivity index (χ2n) is 6.12. The number of nitrogens with zero attached hydrogens (tertiary/aromatic N) is 3. The highest BCUT2D eigenvalue weighted by Gasteiger charge is 2.34. The third-order valence-corrected chi connectivity index (χ3v) is 5.59. The molecule has 5 nitrogen and oxygen atoms in total. The van der Waals surface area contributed by atoms with E-state index < -0.39 is 0 Å². The summed E-state index contributed by atoms with van der Waals surface area (Å²) in [6.07, 6.45) is 5.43. The van der Waals surface area contributed by atoms with Crippen LogP contribution < -0.4 is 4.90 Å². The zero-order chi connectivity index (χ0) is 15.5. The Bertz CT molecular complexity index is 517. The Labute approximate surface area is 136 Å². The van der Waals surface area contributed by atoms with Crippen molar-refractivity contribution in [2.24, 2.45) is 0 Å². The molecule has 0 bridgehead atoms. The average molecular weight is 323 g/mol. The maximum Gasteiger partial charge on any atom is 0.225 e. The molecule has 0 radical (unpaired) electrons. The molecule has 1 aliphatic carbocycles. The summed E-state index contributed by atoms with van der Waals surface area (Å²) in [6, 6.07) is 0.544. The van der Waals surface area contributed by atoms with Crippen molar-refractivity contribution in [3.8, 4) is 0 Å². The normalized spacial score (nSPS) is 25.7. The van der Waals surface area contributed by atoms with Crippen LogP contribution in [0.3, 0.4) is 0 Å². The quantitative estimate of drug-likeness (QED) is 0.854. The van der Waals surface area contributed by atoms with Gasteiger partial charge in [0.05, 0.1) is 18.4 Å². The van der Waals surface area contributed by atoms with E-state index in [2.05, 4.69) is 15.3 Å². The van der Waals surface area contributed by atoms with Crippen LogP contribution >= 0.6 is 11.3 Å². The molecule has 1 aliphatic heterocycles. The number of carbonyl (C=O) groups is 1. The van der Waals surface area contributed by atoms with Gasteiger partial charge in [-0.3, -0.25) is 14.6 Å². The second kappa shape index (κ2) is 7.06. The van der Waals surface area contributed by atoms with Gasteiger partial charge in [0.25, 0.3) is 0 Å². The largest absolute Gasteiger partial charge is 0.375 e. The van der Waals surface area contributed by atoms with E-state index >= 15 is 0 Å². The zero-order valence-corrected chi connectivity index (χ0v) is 14.3. The fourth-order valence-corrected chi connectivity index (χ4v) is 4.49. The molecule has 2 heterocycles. The maximum absolute atomic E-state index is 11.6. The number of morpholine rings is 1. The van der Waals surface area contributed by atoms with Gasteiger partial charge in [0, 0.05) is 38.0 Å². The van der Waals surface area contributed by atoms with Crippen molar-refractivity contribution in [1.82, 2.24) is 9.88 Å². The van der Waals surface area contributed by atoms with Gasteiger partial charge >= 0.3 is 0 Å². The van der Waals surface area contributed by atoms with Gasteiger partial charge < -0.3 is 4.74 Å². The molecule has 1 aromatic heterocycles. The number of fused-ring (bicyclic) bond motifs is 1. The van der Waals surface area contributed by atoms with E-state index in [0.29, 0.717) is 18.7 Å². The van der Waals surface area contributed by atoms with Gasteiger partial charge in [-0.25, -0.2) is 4.98 Å². The van der Waals surface area contributed by atoms with Gasteiger partial charge in [0.1, 0.15) is 0 Å². The van der Waals surface area contributed by atoms with E-state index in [4.69, 9.17) is 4.74 Å². The molecule has 0 aromatic carbocycles. The minimum Gasteiger partial charge on any atom is -0.375 e. The fourth-order valence-electron chi connectivity index (χ4n) is 3.57. The number of amides is 1. The fraction of sp³-hybridized carbons (Fsp3) is 0.750. The number of hydrogen-bond donors (Lipinski definition) is 0. The first-order chi connectivity index (χ1) is 10.7. The smallest absolute Gasteiger partial charge is 0.225 e. The molecular formula is C16H25N3O2S. The number of thiazole rings is 1. The summed E-state index contributed by atoms with van der Waals surface area (Å²) >= 11 is 1.56. The van der Waals surface area contributed by atoms with Gasteiger partial charge in [-0.2, -0.15) is 0 Å². The van der Waals surface area contributed by atoms with E-state index in [0.717, 1.165) is 30.5 Å². The molecule has 0 unspecified atom stereocenters. The molecule has 1 aromatic rings. The Morgan fingerprint density at radius 3 is 3.09 bits per heavy atom. The first-order valence-corrected chi connectivity index (χ1v) is 9.15. The highest BCUT2D eigenvalue weighted by atomic mass is 32.1. The van der Waals surface area contributed by atoms with Crippen LogP contribution in [0.5, 0.6) is 0 Å². The summed E-state index contributed by atoms with van der Waals surface area (Å²) in [6.45, 7) is 6.93. The van der Waals surface area contributed by atoms with Crippen molar-refractivity contribution in [2.45, 2.75) is 58.2 Å². The van der Waals surface area contributed by atoms with Crippen molar-refractivity contribution in [1.29, 1.82) is 0 Å². The number of anilines is 1. The van der Waals surface area contributed by atoms with Crippen LogP contribution in [-0.4, -0.2) is 47.6 Å². The van der Waals surface area contributed by atoms with Gasteiger partial charge in [0.15, 0.2) is 5.13 Å². The first-order valence-electron chi connectivity index (χ1n) is 8.27. The van der Waals surface area contributed by atoms with Crippen molar-refractivity contribution in [3.63, 3.8) is 0 Å². The van der Waals surface area contributed by atoms with E-state index in [-0.39, 0.29) is 5.91 Å². The average Bonchev–Trinajstić information content (AvgIpc) is 2.96. The van der Waals surface area contributed by atoms with E-state index in [1.165, 1.54) is 25.7 Å². The Morgan fingerprint density at radius 1 is 1.50 bits per heavy atom. The van der Waals surface area contributed by atoms with E-state index in [1.54, 1.807) is 23.2 Å². The van der Waals surface area contributed by atoms with Crippen molar-refractivity contribution in [2.75, 3.05) is 24.6 Å². The third kappa shape index (κ3) is 3.34. The molecule has 3 rings (SSSR count). The molecule has 2 atom stereocenters. The Morgan fingerprint density at radius 2 is 2.32 bits per heavy atom. The summed E-state index contributed by atoms with van der Waals surface area (Å²) in [4.78, 5) is 20.6. The highest BCUT2D eigenvalue weighted by molar-refractivity contribution is 7.14. The Hall–Kier alpha value is -0.980. The summed E-state index contributed by atoms with van der Waals surface area (Å²) in [7, 11) is 0. The van der Waals surface area contributed by atoms with Crippen LogP contribution in [0.25, 0.3) is 0 Å². The summed E-state index contributed by atoms with van der Waals surface area (Å²) in [5, 5.41) is 2.91. The van der Waals surface area contributed by atoms with Gasteiger partial charge in [-0.1, -0.05) is 12.8 Å². The predicted octanol–water partition coefficient (Wildman–Crippen LogP) is 2.66. The van der Waals surface area contributed by atoms with Crippen molar-refractivity contribution >= 4 is 22.4 Å². The van der Waals surface area contributed by atoms with Crippen LogP contribution in [0, 0.1) is 0 Å². The van der Waals surface area contributed by atoms with Crippen LogP contribution in [-0.2, 0) is 16.1 Å². The molecular weight excluding hydrogens is 298 g/mol. The number of ether oxygens (including phenoxy) is 1. The number of carbonyl (C=O) groups excluding carboxylic acids is 1. The summed E-state index contributed by atoms with van der Waals surface area (Å²) < 4.78 is 5.93. The molecule has 2 aliphatic rings. The SMILES string of the molecule is CCN(C(C)=O)c1nc(CN2CCO[C@H]3CCCC[C@@H]32)cs1. The highest BCUT2D eigenvalue weighted by Crippen LogP contribution is 2.30. The van der Waals surface area contributed by atoms with Gasteiger partial charge in [-0.05, 0) is 19.8 Å². The van der Waals surface area contributed by atoms with Gasteiger partial charge in [0.2, 0.25) is 5.91 Å². The first kappa shape index (κ1) is 15.9. The molecule has 0 spiro atoms. The molecule has 22 heavy (non-hydrogen) atoms. The topological polar surface area (TPSA) is 45.7 Å². The predicted molar refractivity (Wildman–Crippen MR) is 88.2 cm³/mol. The van der Waals surface area contributed by atoms with Crippen LogP contribution in [0.1, 0.15) is 45.2 Å².